The molecule has 0 heterocycles. The van der Waals surface area contributed by atoms with E-state index in [4.69, 9.17) is 5.11 Å². The van der Waals surface area contributed by atoms with Gasteiger partial charge in [-0.05, 0) is 52.9 Å². The molecular formula is C14H12INO4S. The SMILES string of the molecule is CN(c1ccccc1)S(=O)(=O)c1ccc(I)c(C(=O)O)c1. The van der Waals surface area contributed by atoms with Crippen LogP contribution in [0.5, 0.6) is 0 Å². The second kappa shape index (κ2) is 6.02. The lowest BCUT2D eigenvalue weighted by Gasteiger charge is -2.19. The Morgan fingerprint density at radius 1 is 1.14 bits per heavy atom. The largest absolute Gasteiger partial charge is 0.478 e. The number of anilines is 1. The third-order valence-corrected chi connectivity index (χ3v) is 5.67. The van der Waals surface area contributed by atoms with Gasteiger partial charge in [-0.1, -0.05) is 18.2 Å². The smallest absolute Gasteiger partial charge is 0.336 e. The number of carbonyl (C=O) groups is 1. The van der Waals surface area contributed by atoms with Crippen molar-refractivity contribution in [3.05, 3.63) is 57.7 Å². The highest BCUT2D eigenvalue weighted by Crippen LogP contribution is 2.24. The number of para-hydroxylation sites is 1. The Labute approximate surface area is 136 Å². The van der Waals surface area contributed by atoms with Gasteiger partial charge in [-0.25, -0.2) is 13.2 Å². The molecule has 0 saturated heterocycles. The van der Waals surface area contributed by atoms with Crippen LogP contribution in [-0.2, 0) is 10.0 Å². The lowest BCUT2D eigenvalue weighted by molar-refractivity contribution is 0.0695. The molecule has 7 heteroatoms. The first-order valence-corrected chi connectivity index (χ1v) is 8.43. The van der Waals surface area contributed by atoms with E-state index in [1.165, 1.54) is 25.2 Å². The van der Waals surface area contributed by atoms with Gasteiger partial charge in [0.15, 0.2) is 0 Å². The highest BCUT2D eigenvalue weighted by atomic mass is 127. The van der Waals surface area contributed by atoms with Crippen molar-refractivity contribution in [3.63, 3.8) is 0 Å². The van der Waals surface area contributed by atoms with Crippen molar-refractivity contribution < 1.29 is 18.3 Å². The summed E-state index contributed by atoms with van der Waals surface area (Å²) in [6.45, 7) is 0. The van der Waals surface area contributed by atoms with E-state index >= 15 is 0 Å². The first-order chi connectivity index (χ1) is 9.84. The van der Waals surface area contributed by atoms with E-state index in [9.17, 15) is 13.2 Å². The fraction of sp³-hybridized carbons (Fsp3) is 0.0714. The quantitative estimate of drug-likeness (QED) is 0.777. The Balaban J connectivity index is 2.50. The third kappa shape index (κ3) is 3.18. The summed E-state index contributed by atoms with van der Waals surface area (Å²) in [5.74, 6) is -1.15. The van der Waals surface area contributed by atoms with Crippen molar-refractivity contribution in [2.75, 3.05) is 11.4 Å². The summed E-state index contributed by atoms with van der Waals surface area (Å²) in [4.78, 5) is 11.1. The van der Waals surface area contributed by atoms with Crippen LogP contribution in [0.3, 0.4) is 0 Å². The molecule has 2 aromatic rings. The molecule has 5 nitrogen and oxygen atoms in total. The van der Waals surface area contributed by atoms with Crippen LogP contribution in [0, 0.1) is 3.57 Å². The number of nitrogens with zero attached hydrogens (tertiary/aromatic N) is 1. The number of carboxylic acid groups (broad SMARTS) is 1. The zero-order valence-corrected chi connectivity index (χ0v) is 14.0. The molecule has 2 aromatic carbocycles. The Bertz CT molecular complexity index is 775. The molecule has 0 saturated carbocycles. The van der Waals surface area contributed by atoms with Gasteiger partial charge >= 0.3 is 5.97 Å². The Morgan fingerprint density at radius 2 is 1.76 bits per heavy atom. The van der Waals surface area contributed by atoms with Crippen molar-refractivity contribution >= 4 is 44.3 Å². The molecule has 1 N–H and O–H groups in total. The van der Waals surface area contributed by atoms with Gasteiger partial charge in [-0.2, -0.15) is 0 Å². The molecule has 0 amide bonds. The maximum Gasteiger partial charge on any atom is 0.336 e. The van der Waals surface area contributed by atoms with Gasteiger partial charge in [0.05, 0.1) is 16.1 Å². The summed E-state index contributed by atoms with van der Waals surface area (Å²) in [7, 11) is -2.36. The Kier molecular flexibility index (Phi) is 4.52. The van der Waals surface area contributed by atoms with E-state index in [0.717, 1.165) is 4.31 Å². The minimum atomic E-state index is -3.80. The predicted octanol–water partition coefficient (Wildman–Crippen LogP) is 2.81. The fourth-order valence-corrected chi connectivity index (χ4v) is 3.55. The van der Waals surface area contributed by atoms with E-state index in [-0.39, 0.29) is 10.5 Å². The van der Waals surface area contributed by atoms with Crippen LogP contribution in [0.1, 0.15) is 10.4 Å². The van der Waals surface area contributed by atoms with Gasteiger partial charge in [-0.3, -0.25) is 4.31 Å². The molecule has 0 aliphatic heterocycles. The van der Waals surface area contributed by atoms with Crippen LogP contribution in [0.15, 0.2) is 53.4 Å². The number of carboxylic acids is 1. The summed E-state index contributed by atoms with van der Waals surface area (Å²) in [5, 5.41) is 9.10. The van der Waals surface area contributed by atoms with Gasteiger partial charge in [0.2, 0.25) is 0 Å². The van der Waals surface area contributed by atoms with Crippen molar-refractivity contribution in [1.29, 1.82) is 0 Å². The van der Waals surface area contributed by atoms with Crippen LogP contribution < -0.4 is 4.31 Å². The molecule has 0 aliphatic carbocycles. The van der Waals surface area contributed by atoms with Crippen molar-refractivity contribution in [1.82, 2.24) is 0 Å². The topological polar surface area (TPSA) is 74.7 Å². The van der Waals surface area contributed by atoms with Crippen molar-refractivity contribution in [3.8, 4) is 0 Å². The lowest BCUT2D eigenvalue weighted by atomic mass is 10.2. The minimum absolute atomic E-state index is 0.0295. The number of halogens is 1. The number of aromatic carboxylic acids is 1. The molecular weight excluding hydrogens is 405 g/mol. The summed E-state index contributed by atoms with van der Waals surface area (Å²) >= 11 is 1.86. The van der Waals surface area contributed by atoms with E-state index in [1.54, 1.807) is 30.3 Å². The van der Waals surface area contributed by atoms with Gasteiger partial charge in [0.1, 0.15) is 0 Å². The molecule has 21 heavy (non-hydrogen) atoms. The van der Waals surface area contributed by atoms with Crippen LogP contribution in [0.25, 0.3) is 0 Å². The maximum absolute atomic E-state index is 12.5. The van der Waals surface area contributed by atoms with E-state index in [2.05, 4.69) is 0 Å². The second-order valence-electron chi connectivity index (χ2n) is 4.25. The average molecular weight is 417 g/mol. The molecule has 0 spiro atoms. The molecule has 110 valence electrons. The number of sulfonamides is 1. The molecule has 2 rings (SSSR count). The molecule has 0 atom stereocenters. The fourth-order valence-electron chi connectivity index (χ4n) is 1.76. The van der Waals surface area contributed by atoms with E-state index in [1.807, 2.05) is 22.6 Å². The zero-order valence-electron chi connectivity index (χ0n) is 11.0. The summed E-state index contributed by atoms with van der Waals surface area (Å²) in [6.07, 6.45) is 0. The first kappa shape index (κ1) is 15.8. The molecule has 0 aliphatic rings. The second-order valence-corrected chi connectivity index (χ2v) is 7.39. The van der Waals surface area contributed by atoms with Crippen molar-refractivity contribution in [2.45, 2.75) is 4.90 Å². The summed E-state index contributed by atoms with van der Waals surface area (Å²) in [6, 6.07) is 12.7. The normalized spacial score (nSPS) is 11.1. The van der Waals surface area contributed by atoms with Crippen molar-refractivity contribution in [2.24, 2.45) is 0 Å². The van der Waals surface area contributed by atoms with Gasteiger partial charge in [-0.15, -0.1) is 0 Å². The number of hydrogen-bond acceptors (Lipinski definition) is 3. The summed E-state index contributed by atoms with van der Waals surface area (Å²) in [5.41, 5.74) is 0.478. The van der Waals surface area contributed by atoms with Crippen LogP contribution >= 0.6 is 22.6 Å². The van der Waals surface area contributed by atoms with E-state index in [0.29, 0.717) is 9.26 Å². The van der Waals surface area contributed by atoms with Gasteiger partial charge in [0, 0.05) is 10.6 Å². The molecule has 0 unspecified atom stereocenters. The molecule has 0 aromatic heterocycles. The molecule has 0 bridgehead atoms. The Hall–Kier alpha value is -1.61. The lowest BCUT2D eigenvalue weighted by Crippen LogP contribution is -2.26. The number of benzene rings is 2. The number of rotatable bonds is 4. The van der Waals surface area contributed by atoms with E-state index < -0.39 is 16.0 Å². The van der Waals surface area contributed by atoms with Gasteiger partial charge < -0.3 is 5.11 Å². The average Bonchev–Trinajstić information content (AvgIpc) is 2.47. The zero-order chi connectivity index (χ0) is 15.6. The first-order valence-electron chi connectivity index (χ1n) is 5.91. The highest BCUT2D eigenvalue weighted by molar-refractivity contribution is 14.1. The number of hydrogen-bond donors (Lipinski definition) is 1. The highest BCUT2D eigenvalue weighted by Gasteiger charge is 2.23. The minimum Gasteiger partial charge on any atom is -0.478 e. The standard InChI is InChI=1S/C14H12INO4S/c1-16(10-5-3-2-4-6-10)21(19,20)11-7-8-13(15)12(9-11)14(17)18/h2-9H,1H3,(H,17,18). The van der Waals surface area contributed by atoms with Gasteiger partial charge in [0.25, 0.3) is 10.0 Å². The van der Waals surface area contributed by atoms with Crippen LogP contribution in [0.2, 0.25) is 0 Å². The monoisotopic (exact) mass is 417 g/mol. The summed E-state index contributed by atoms with van der Waals surface area (Å²) < 4.78 is 26.7. The van der Waals surface area contributed by atoms with Crippen LogP contribution in [-0.4, -0.2) is 26.5 Å². The Morgan fingerprint density at radius 3 is 2.33 bits per heavy atom. The predicted molar refractivity (Wildman–Crippen MR) is 88.1 cm³/mol. The molecule has 0 fully saturated rings. The maximum atomic E-state index is 12.5. The third-order valence-electron chi connectivity index (χ3n) is 2.95. The van der Waals surface area contributed by atoms with Crippen LogP contribution in [0.4, 0.5) is 5.69 Å². The molecule has 0 radical (unpaired) electrons.